The molecule has 1 radical (unpaired) electrons. The monoisotopic (exact) mass is 699 g/mol. The summed E-state index contributed by atoms with van der Waals surface area (Å²) in [5.74, 6) is -33.1. The number of alkyl halides is 14. The van der Waals surface area contributed by atoms with Gasteiger partial charge in [-0.1, -0.05) is 12.1 Å². The molecule has 231 valence electrons. The molecule has 0 atom stereocenters. The fourth-order valence-electron chi connectivity index (χ4n) is 2.27. The molecule has 2 aromatic rings. The van der Waals surface area contributed by atoms with Gasteiger partial charge < -0.3 is 0 Å². The van der Waals surface area contributed by atoms with E-state index in [0.29, 0.717) is 0 Å². The van der Waals surface area contributed by atoms with Crippen molar-refractivity contribution in [3.05, 3.63) is 44.8 Å². The number of rotatable bonds is 10. The minimum absolute atomic E-state index is 0. The first kappa shape index (κ1) is 38.6. The first-order valence-electron chi connectivity index (χ1n) is 9.67. The van der Waals surface area contributed by atoms with Crippen LogP contribution in [0.4, 0.5) is 61.5 Å². The van der Waals surface area contributed by atoms with Crippen molar-refractivity contribution in [1.29, 1.82) is 0 Å². The van der Waals surface area contributed by atoms with Crippen molar-refractivity contribution in [3.8, 4) is 0 Å². The van der Waals surface area contributed by atoms with Crippen LogP contribution in [0.2, 0.25) is 0 Å². The van der Waals surface area contributed by atoms with Gasteiger partial charge >= 0.3 is 36.0 Å². The molecule has 0 saturated heterocycles. The van der Waals surface area contributed by atoms with Crippen LogP contribution in [0, 0.1) is 0 Å². The Balaban J connectivity index is 0.000000762. The minimum atomic E-state index is -6.60. The van der Waals surface area contributed by atoms with E-state index in [0.717, 1.165) is 34.8 Å². The third-order valence-electron chi connectivity index (χ3n) is 4.44. The molecule has 0 aromatic carbocycles. The molecule has 0 spiro atoms. The Morgan fingerprint density at radius 1 is 0.537 bits per heavy atom. The van der Waals surface area contributed by atoms with Crippen LogP contribution in [0.25, 0.3) is 0 Å². The summed E-state index contributed by atoms with van der Waals surface area (Å²) in [6, 6.07) is 4.90. The van der Waals surface area contributed by atoms with E-state index in [1.165, 1.54) is 22.9 Å². The van der Waals surface area contributed by atoms with Gasteiger partial charge in [0.05, 0.1) is 22.6 Å². The quantitative estimate of drug-likeness (QED) is 0.112. The SMILES string of the molecule is O=C(CC(=O)C(F)(F)C(F)(F)C(F)(F)F)c1cccs1.O=C(CC(=O)C(F)(F)C(F)(F)C(F)(F)F)c1cccs1.[Mn]. The average Bonchev–Trinajstić information content (AvgIpc) is 3.52. The Kier molecular flexibility index (Phi) is 12.5. The van der Waals surface area contributed by atoms with Gasteiger partial charge in [-0.05, 0) is 22.9 Å². The Hall–Kier alpha value is -2.38. The van der Waals surface area contributed by atoms with Gasteiger partial charge in [0.1, 0.15) is 0 Å². The molecule has 4 nitrogen and oxygen atoms in total. The van der Waals surface area contributed by atoms with E-state index in [2.05, 4.69) is 0 Å². The summed E-state index contributed by atoms with van der Waals surface area (Å²) >= 11 is 1.48. The molecule has 0 aliphatic carbocycles. The molecule has 0 bridgehead atoms. The summed E-state index contributed by atoms with van der Waals surface area (Å²) in [6.45, 7) is 0. The Morgan fingerprint density at radius 3 is 1.00 bits per heavy atom. The molecule has 2 heterocycles. The molecular weight excluding hydrogens is 689 g/mol. The van der Waals surface area contributed by atoms with Crippen molar-refractivity contribution >= 4 is 45.8 Å². The standard InChI is InChI=1S/2C10H5F7O2S.Mn/c2*11-8(12,9(13,14)10(15,16)17)7(19)4-5(18)6-2-1-3-20-6;/h2*1-3H,4H2;. The minimum Gasteiger partial charge on any atom is -0.293 e. The molecule has 41 heavy (non-hydrogen) atoms. The summed E-state index contributed by atoms with van der Waals surface area (Å²) in [5.41, 5.74) is 0. The van der Waals surface area contributed by atoms with E-state index in [1.54, 1.807) is 0 Å². The van der Waals surface area contributed by atoms with Crippen molar-refractivity contribution in [2.45, 2.75) is 48.9 Å². The molecule has 0 N–H and O–H groups in total. The normalized spacial score (nSPS) is 13.0. The van der Waals surface area contributed by atoms with Gasteiger partial charge in [-0.15, -0.1) is 22.7 Å². The molecule has 2 aromatic heterocycles. The molecule has 0 aliphatic heterocycles. The molecule has 2 rings (SSSR count). The van der Waals surface area contributed by atoms with Crippen molar-refractivity contribution in [1.82, 2.24) is 0 Å². The number of carbonyl (C=O) groups is 4. The second-order valence-electron chi connectivity index (χ2n) is 7.29. The van der Waals surface area contributed by atoms with Gasteiger partial charge in [0.25, 0.3) is 0 Å². The van der Waals surface area contributed by atoms with E-state index >= 15 is 0 Å². The summed E-state index contributed by atoms with van der Waals surface area (Å²) in [6.07, 6.45) is -16.7. The summed E-state index contributed by atoms with van der Waals surface area (Å²) in [4.78, 5) is 44.0. The van der Waals surface area contributed by atoms with Crippen LogP contribution in [0.1, 0.15) is 32.2 Å². The molecule has 0 unspecified atom stereocenters. The topological polar surface area (TPSA) is 68.3 Å². The molecule has 21 heteroatoms. The van der Waals surface area contributed by atoms with E-state index in [9.17, 15) is 80.6 Å². The summed E-state index contributed by atoms with van der Waals surface area (Å²) in [5, 5.41) is 2.69. The number of carbonyl (C=O) groups excluding carboxylic acids is 4. The van der Waals surface area contributed by atoms with Gasteiger partial charge in [-0.25, -0.2) is 0 Å². The van der Waals surface area contributed by atoms with Crippen LogP contribution in [-0.2, 0) is 26.7 Å². The largest absolute Gasteiger partial charge is 0.460 e. The van der Waals surface area contributed by atoms with Crippen molar-refractivity contribution < 1.29 is 97.7 Å². The van der Waals surface area contributed by atoms with Gasteiger partial charge in [0, 0.05) is 17.1 Å². The molecule has 0 fully saturated rings. The second kappa shape index (κ2) is 13.3. The maximum absolute atomic E-state index is 12.9. The number of ketones is 4. The predicted octanol–water partition coefficient (Wildman–Crippen LogP) is 7.44. The smallest absolute Gasteiger partial charge is 0.293 e. The number of Topliss-reactive ketones (excluding diaryl/α,β-unsaturated/α-hetero) is 4. The fraction of sp³-hybridized carbons (Fsp3) is 0.400. The van der Waals surface area contributed by atoms with Crippen LogP contribution < -0.4 is 0 Å². The zero-order valence-electron chi connectivity index (χ0n) is 19.0. The maximum atomic E-state index is 12.9. The second-order valence-corrected chi connectivity index (χ2v) is 9.19. The number of halogens is 14. The zero-order chi connectivity index (χ0) is 31.5. The maximum Gasteiger partial charge on any atom is 0.460 e. The summed E-state index contributed by atoms with van der Waals surface area (Å²) < 4.78 is 173. The zero-order valence-corrected chi connectivity index (χ0v) is 21.8. The Labute approximate surface area is 237 Å². The van der Waals surface area contributed by atoms with Crippen molar-refractivity contribution in [2.24, 2.45) is 0 Å². The first-order chi connectivity index (χ1) is 17.8. The van der Waals surface area contributed by atoms with E-state index in [-0.39, 0.29) is 26.8 Å². The van der Waals surface area contributed by atoms with E-state index in [4.69, 9.17) is 0 Å². The van der Waals surface area contributed by atoms with Crippen molar-refractivity contribution in [3.63, 3.8) is 0 Å². The third-order valence-corrected chi connectivity index (χ3v) is 6.26. The van der Waals surface area contributed by atoms with Gasteiger partial charge in [-0.2, -0.15) is 61.5 Å². The van der Waals surface area contributed by atoms with Gasteiger partial charge in [0.2, 0.25) is 11.6 Å². The molecule has 0 aliphatic rings. The predicted molar refractivity (Wildman–Crippen MR) is 108 cm³/mol. The van der Waals surface area contributed by atoms with Crippen LogP contribution in [-0.4, -0.2) is 59.2 Å². The molecule has 0 amide bonds. The van der Waals surface area contributed by atoms with Gasteiger partial charge in [0.15, 0.2) is 11.6 Å². The number of hydrogen-bond acceptors (Lipinski definition) is 6. The fourth-order valence-corrected chi connectivity index (χ4v) is 3.60. The van der Waals surface area contributed by atoms with Crippen molar-refractivity contribution in [2.75, 3.05) is 0 Å². The molecule has 0 saturated carbocycles. The van der Waals surface area contributed by atoms with E-state index in [1.807, 2.05) is 0 Å². The summed E-state index contributed by atoms with van der Waals surface area (Å²) in [7, 11) is 0. The average molecular weight is 699 g/mol. The number of thiophene rings is 2. The van der Waals surface area contributed by atoms with Crippen LogP contribution in [0.5, 0.6) is 0 Å². The number of hydrogen-bond donors (Lipinski definition) is 0. The van der Waals surface area contributed by atoms with Crippen LogP contribution >= 0.6 is 22.7 Å². The van der Waals surface area contributed by atoms with E-state index < -0.39 is 72.0 Å². The molecular formula is C20H10F14MnO4S2. The Bertz CT molecular complexity index is 1110. The first-order valence-corrected chi connectivity index (χ1v) is 11.4. The van der Waals surface area contributed by atoms with Crippen LogP contribution in [0.3, 0.4) is 0 Å². The van der Waals surface area contributed by atoms with Gasteiger partial charge in [-0.3, -0.25) is 19.2 Å². The Morgan fingerprint density at radius 2 is 0.805 bits per heavy atom. The van der Waals surface area contributed by atoms with Crippen LogP contribution in [0.15, 0.2) is 35.0 Å². The third kappa shape index (κ3) is 8.35.